The fraction of sp³-hybridized carbons (Fsp3) is 0.296. The Morgan fingerprint density at radius 3 is 1.94 bits per heavy atom. The number of carbonyl (C=O) groups excluding carboxylic acids is 1. The first-order chi connectivity index (χ1) is 15.2. The third-order valence-corrected chi connectivity index (χ3v) is 5.92. The van der Waals surface area contributed by atoms with Gasteiger partial charge < -0.3 is 15.5 Å². The lowest BCUT2D eigenvalue weighted by Crippen LogP contribution is -2.40. The number of amides is 1. The molecule has 3 aromatic rings. The molecule has 1 aliphatic heterocycles. The molecular weight excluding hydrogens is 382 g/mol. The van der Waals surface area contributed by atoms with Crippen LogP contribution >= 0.6 is 0 Å². The Morgan fingerprint density at radius 1 is 0.774 bits per heavy atom. The van der Waals surface area contributed by atoms with Crippen molar-refractivity contribution in [2.45, 2.75) is 38.3 Å². The Morgan fingerprint density at radius 2 is 1.32 bits per heavy atom. The van der Waals surface area contributed by atoms with Gasteiger partial charge >= 0.3 is 0 Å². The number of hydrogen-bond donors (Lipinski definition) is 2. The molecule has 160 valence electrons. The first-order valence-corrected chi connectivity index (χ1v) is 11.2. The molecule has 1 fully saturated rings. The summed E-state index contributed by atoms with van der Waals surface area (Å²) in [4.78, 5) is 15.6. The zero-order valence-electron chi connectivity index (χ0n) is 18.1. The van der Waals surface area contributed by atoms with Crippen LogP contribution in [0.4, 0.5) is 11.4 Å². The third-order valence-electron chi connectivity index (χ3n) is 5.92. The van der Waals surface area contributed by atoms with E-state index in [9.17, 15) is 4.79 Å². The van der Waals surface area contributed by atoms with E-state index in [-0.39, 0.29) is 18.0 Å². The summed E-state index contributed by atoms with van der Waals surface area (Å²) in [6.07, 6.45) is 3.74. The van der Waals surface area contributed by atoms with E-state index < -0.39 is 0 Å². The van der Waals surface area contributed by atoms with Crippen LogP contribution in [0.2, 0.25) is 0 Å². The molecule has 1 amide bonds. The van der Waals surface area contributed by atoms with Crippen molar-refractivity contribution in [3.63, 3.8) is 0 Å². The number of carbonyl (C=O) groups is 1. The second-order valence-corrected chi connectivity index (χ2v) is 8.19. The zero-order chi connectivity index (χ0) is 21.5. The van der Waals surface area contributed by atoms with Gasteiger partial charge in [0.05, 0.1) is 17.4 Å². The third kappa shape index (κ3) is 5.26. The number of para-hydroxylation sites is 2. The second kappa shape index (κ2) is 10.2. The van der Waals surface area contributed by atoms with E-state index in [4.69, 9.17) is 0 Å². The number of piperidine rings is 1. The Hall–Kier alpha value is -3.27. The van der Waals surface area contributed by atoms with E-state index >= 15 is 0 Å². The summed E-state index contributed by atoms with van der Waals surface area (Å²) in [5.41, 5.74) is 4.35. The summed E-state index contributed by atoms with van der Waals surface area (Å²) >= 11 is 0. The summed E-state index contributed by atoms with van der Waals surface area (Å²) in [5, 5.41) is 6.72. The highest BCUT2D eigenvalue weighted by atomic mass is 16.2. The van der Waals surface area contributed by atoms with Gasteiger partial charge in [-0.3, -0.25) is 4.79 Å². The molecule has 4 rings (SSSR count). The van der Waals surface area contributed by atoms with Gasteiger partial charge in [-0.2, -0.15) is 0 Å². The van der Waals surface area contributed by atoms with Crippen molar-refractivity contribution < 1.29 is 4.79 Å². The molecule has 4 nitrogen and oxygen atoms in total. The maximum absolute atomic E-state index is 13.2. The molecule has 0 aliphatic carbocycles. The second-order valence-electron chi connectivity index (χ2n) is 8.19. The lowest BCUT2D eigenvalue weighted by Gasteiger charge is -2.31. The van der Waals surface area contributed by atoms with Gasteiger partial charge in [-0.25, -0.2) is 0 Å². The minimum atomic E-state index is -0.360. The van der Waals surface area contributed by atoms with Crippen LogP contribution in [0.1, 0.15) is 43.4 Å². The van der Waals surface area contributed by atoms with Crippen LogP contribution in [0, 0.1) is 0 Å². The van der Waals surface area contributed by atoms with E-state index in [1.54, 1.807) is 0 Å². The summed E-state index contributed by atoms with van der Waals surface area (Å²) in [6, 6.07) is 28.0. The molecule has 0 saturated carbocycles. The average molecular weight is 414 g/mol. The van der Waals surface area contributed by atoms with Gasteiger partial charge in [0.1, 0.15) is 6.04 Å². The average Bonchev–Trinajstić information content (AvgIpc) is 2.84. The lowest BCUT2D eigenvalue weighted by atomic mass is 9.98. The summed E-state index contributed by atoms with van der Waals surface area (Å²) in [5.74, 6) is -0.0221. The molecule has 0 spiro atoms. The molecule has 0 aromatic heterocycles. The van der Waals surface area contributed by atoms with Gasteiger partial charge in [0.25, 0.3) is 0 Å². The van der Waals surface area contributed by atoms with Crippen LogP contribution in [-0.4, -0.2) is 25.0 Å². The van der Waals surface area contributed by atoms with E-state index in [2.05, 4.69) is 58.0 Å². The predicted molar refractivity (Wildman–Crippen MR) is 128 cm³/mol. The highest BCUT2D eigenvalue weighted by Crippen LogP contribution is 2.29. The van der Waals surface area contributed by atoms with Crippen LogP contribution in [0.15, 0.2) is 84.9 Å². The molecule has 1 atom stereocenters. The molecule has 0 unspecified atom stereocenters. The van der Waals surface area contributed by atoms with E-state index in [1.807, 2.05) is 49.4 Å². The highest BCUT2D eigenvalue weighted by molar-refractivity contribution is 5.86. The van der Waals surface area contributed by atoms with Crippen molar-refractivity contribution in [1.82, 2.24) is 5.32 Å². The van der Waals surface area contributed by atoms with Gasteiger partial charge in [0.2, 0.25) is 5.91 Å². The van der Waals surface area contributed by atoms with E-state index in [0.717, 1.165) is 29.9 Å². The molecule has 0 radical (unpaired) electrons. The molecule has 1 aliphatic rings. The molecule has 2 N–H and O–H groups in total. The van der Waals surface area contributed by atoms with Crippen molar-refractivity contribution >= 4 is 17.3 Å². The number of nitrogens with one attached hydrogen (secondary N) is 2. The van der Waals surface area contributed by atoms with Gasteiger partial charge in [-0.15, -0.1) is 0 Å². The Kier molecular flexibility index (Phi) is 6.88. The highest BCUT2D eigenvalue weighted by Gasteiger charge is 2.22. The number of anilines is 2. The molecule has 0 bridgehead atoms. The first kappa shape index (κ1) is 21.0. The minimum absolute atomic E-state index is 0.0221. The van der Waals surface area contributed by atoms with Crippen LogP contribution in [0.5, 0.6) is 0 Å². The smallest absolute Gasteiger partial charge is 0.242 e. The summed E-state index contributed by atoms with van der Waals surface area (Å²) < 4.78 is 0. The maximum Gasteiger partial charge on any atom is 0.242 e. The zero-order valence-corrected chi connectivity index (χ0v) is 18.1. The summed E-state index contributed by atoms with van der Waals surface area (Å²) in [6.45, 7) is 4.07. The van der Waals surface area contributed by atoms with Crippen LogP contribution in [0.25, 0.3) is 0 Å². The molecule has 1 saturated heterocycles. The van der Waals surface area contributed by atoms with Crippen molar-refractivity contribution in [1.29, 1.82) is 0 Å². The minimum Gasteiger partial charge on any atom is -0.372 e. The van der Waals surface area contributed by atoms with Crippen molar-refractivity contribution in [2.75, 3.05) is 23.3 Å². The quantitative estimate of drug-likeness (QED) is 0.546. The van der Waals surface area contributed by atoms with Gasteiger partial charge in [-0.1, -0.05) is 72.8 Å². The van der Waals surface area contributed by atoms with Gasteiger partial charge in [0, 0.05) is 13.1 Å². The number of nitrogens with zero attached hydrogens (tertiary/aromatic N) is 1. The van der Waals surface area contributed by atoms with E-state index in [1.165, 1.54) is 24.9 Å². The number of hydrogen-bond acceptors (Lipinski definition) is 3. The maximum atomic E-state index is 13.2. The SMILES string of the molecule is C[C@H](Nc1ccccc1N1CCCCC1)C(=O)NC(c1ccccc1)c1ccccc1. The van der Waals surface area contributed by atoms with Gasteiger partial charge in [-0.05, 0) is 49.4 Å². The first-order valence-electron chi connectivity index (χ1n) is 11.2. The Bertz CT molecular complexity index is 929. The van der Waals surface area contributed by atoms with Crippen molar-refractivity contribution in [3.8, 4) is 0 Å². The van der Waals surface area contributed by atoms with Crippen LogP contribution in [0.3, 0.4) is 0 Å². The summed E-state index contributed by atoms with van der Waals surface area (Å²) in [7, 11) is 0. The molecule has 31 heavy (non-hydrogen) atoms. The molecular formula is C27H31N3O. The van der Waals surface area contributed by atoms with Crippen molar-refractivity contribution in [3.05, 3.63) is 96.1 Å². The largest absolute Gasteiger partial charge is 0.372 e. The number of rotatable bonds is 7. The number of benzene rings is 3. The Labute approximate surface area is 185 Å². The predicted octanol–water partition coefficient (Wildman–Crippen LogP) is 5.38. The van der Waals surface area contributed by atoms with Crippen molar-refractivity contribution in [2.24, 2.45) is 0 Å². The fourth-order valence-electron chi connectivity index (χ4n) is 4.22. The topological polar surface area (TPSA) is 44.4 Å². The standard InChI is InChI=1S/C27H31N3O/c1-21(28-24-17-9-10-18-25(24)30-19-11-4-12-20-30)27(31)29-26(22-13-5-2-6-14-22)23-15-7-3-8-16-23/h2-3,5-10,13-18,21,26,28H,4,11-12,19-20H2,1H3,(H,29,31)/t21-/m0/s1. The monoisotopic (exact) mass is 413 g/mol. The fourth-order valence-corrected chi connectivity index (χ4v) is 4.22. The van der Waals surface area contributed by atoms with Gasteiger partial charge in [0.15, 0.2) is 0 Å². The van der Waals surface area contributed by atoms with E-state index in [0.29, 0.717) is 0 Å². The molecule has 1 heterocycles. The molecule has 4 heteroatoms. The Balaban J connectivity index is 1.50. The van der Waals surface area contributed by atoms with Crippen LogP contribution < -0.4 is 15.5 Å². The molecule has 3 aromatic carbocycles. The normalized spacial score (nSPS) is 14.8. The van der Waals surface area contributed by atoms with Crippen LogP contribution in [-0.2, 0) is 4.79 Å². The lowest BCUT2D eigenvalue weighted by molar-refractivity contribution is -0.122.